The fourth-order valence-electron chi connectivity index (χ4n) is 1.90. The van der Waals surface area contributed by atoms with Gasteiger partial charge in [-0.1, -0.05) is 20.8 Å². The minimum atomic E-state index is -0.164. The minimum absolute atomic E-state index is 0.0531. The number of hydrogen-bond acceptors (Lipinski definition) is 3. The van der Waals surface area contributed by atoms with Gasteiger partial charge in [0.15, 0.2) is 0 Å². The van der Waals surface area contributed by atoms with Crippen LogP contribution >= 0.6 is 0 Å². The van der Waals surface area contributed by atoms with Crippen molar-refractivity contribution in [3.8, 4) is 0 Å². The quantitative estimate of drug-likeness (QED) is 0.752. The number of anilines is 1. The molecule has 0 radical (unpaired) electrons. The highest BCUT2D eigenvalue weighted by Gasteiger charge is 2.26. The van der Waals surface area contributed by atoms with Gasteiger partial charge in [-0.05, 0) is 17.9 Å². The molecular formula is C13H23N3O2. The van der Waals surface area contributed by atoms with Gasteiger partial charge in [0.1, 0.15) is 5.69 Å². The lowest BCUT2D eigenvalue weighted by Gasteiger charge is -2.31. The maximum absolute atomic E-state index is 12.1. The van der Waals surface area contributed by atoms with E-state index in [4.69, 9.17) is 10.8 Å². The number of carbonyl (C=O) groups excluding carboxylic acids is 1. The number of nitrogens with one attached hydrogen (secondary N) is 1. The molecule has 0 aromatic carbocycles. The van der Waals surface area contributed by atoms with Gasteiger partial charge in [0.2, 0.25) is 0 Å². The molecule has 0 spiro atoms. The summed E-state index contributed by atoms with van der Waals surface area (Å²) >= 11 is 0. The van der Waals surface area contributed by atoms with Crippen LogP contribution in [0.5, 0.6) is 0 Å². The molecule has 1 aromatic rings. The van der Waals surface area contributed by atoms with Gasteiger partial charge in [0.05, 0.1) is 5.69 Å². The molecule has 102 valence electrons. The van der Waals surface area contributed by atoms with Crippen LogP contribution in [0.2, 0.25) is 0 Å². The Morgan fingerprint density at radius 1 is 1.56 bits per heavy atom. The molecule has 0 aliphatic carbocycles. The first-order valence-corrected chi connectivity index (χ1v) is 6.09. The van der Waals surface area contributed by atoms with E-state index in [1.165, 1.54) is 0 Å². The van der Waals surface area contributed by atoms with Gasteiger partial charge >= 0.3 is 0 Å². The van der Waals surface area contributed by atoms with E-state index in [-0.39, 0.29) is 24.0 Å². The van der Waals surface area contributed by atoms with Crippen LogP contribution in [-0.4, -0.2) is 28.2 Å². The minimum Gasteiger partial charge on any atom is -0.397 e. The predicted molar refractivity (Wildman–Crippen MR) is 72.2 cm³/mol. The number of nitrogens with zero attached hydrogens (tertiary/aromatic N) is 1. The van der Waals surface area contributed by atoms with Crippen molar-refractivity contribution in [3.63, 3.8) is 0 Å². The van der Waals surface area contributed by atoms with Crippen molar-refractivity contribution in [2.75, 3.05) is 12.3 Å². The summed E-state index contributed by atoms with van der Waals surface area (Å²) < 4.78 is 1.70. The van der Waals surface area contributed by atoms with Gasteiger partial charge in [-0.25, -0.2) is 0 Å². The molecule has 18 heavy (non-hydrogen) atoms. The first kappa shape index (κ1) is 14.6. The highest BCUT2D eigenvalue weighted by atomic mass is 16.3. The number of aliphatic hydroxyl groups is 1. The van der Waals surface area contributed by atoms with Gasteiger partial charge in [-0.15, -0.1) is 0 Å². The van der Waals surface area contributed by atoms with E-state index < -0.39 is 0 Å². The first-order valence-electron chi connectivity index (χ1n) is 6.09. The molecule has 0 aliphatic heterocycles. The Bertz CT molecular complexity index is 418. The van der Waals surface area contributed by atoms with E-state index in [9.17, 15) is 4.79 Å². The summed E-state index contributed by atoms with van der Waals surface area (Å²) in [6.45, 7) is 6.16. The summed E-state index contributed by atoms with van der Waals surface area (Å²) in [5.74, 6) is -0.164. The molecule has 0 saturated carbocycles. The third-order valence-corrected chi connectivity index (χ3v) is 3.03. The number of carbonyl (C=O) groups is 1. The molecule has 1 rings (SSSR count). The van der Waals surface area contributed by atoms with Crippen molar-refractivity contribution < 1.29 is 9.90 Å². The second-order valence-corrected chi connectivity index (χ2v) is 5.67. The number of nitrogen functional groups attached to an aromatic ring is 1. The molecule has 5 nitrogen and oxygen atoms in total. The predicted octanol–water partition coefficient (Wildman–Crippen LogP) is 1.13. The normalized spacial score (nSPS) is 13.4. The standard InChI is InChI=1S/C13H23N3O2/c1-13(2,3)11(5-6-17)15-12(18)10-7-9(14)8-16(10)4/h7-8,11,17H,5-6,14H2,1-4H3,(H,15,18). The zero-order valence-corrected chi connectivity index (χ0v) is 11.5. The van der Waals surface area contributed by atoms with E-state index in [1.807, 2.05) is 20.8 Å². The smallest absolute Gasteiger partial charge is 0.268 e. The maximum Gasteiger partial charge on any atom is 0.268 e. The molecule has 0 saturated heterocycles. The van der Waals surface area contributed by atoms with Gasteiger partial charge in [0, 0.05) is 25.9 Å². The number of rotatable bonds is 4. The van der Waals surface area contributed by atoms with Crippen LogP contribution in [0.3, 0.4) is 0 Å². The van der Waals surface area contributed by atoms with Crippen molar-refractivity contribution in [2.24, 2.45) is 12.5 Å². The largest absolute Gasteiger partial charge is 0.397 e. The number of aliphatic hydroxyl groups excluding tert-OH is 1. The third kappa shape index (κ3) is 3.50. The molecule has 4 N–H and O–H groups in total. The number of nitrogens with two attached hydrogens (primary N) is 1. The second kappa shape index (κ2) is 5.44. The molecule has 0 fully saturated rings. The summed E-state index contributed by atoms with van der Waals surface area (Å²) in [4.78, 5) is 12.1. The van der Waals surface area contributed by atoms with Gasteiger partial charge in [-0.3, -0.25) is 4.79 Å². The molecule has 1 aromatic heterocycles. The van der Waals surface area contributed by atoms with Crippen LogP contribution in [0.25, 0.3) is 0 Å². The average molecular weight is 253 g/mol. The highest BCUT2D eigenvalue weighted by Crippen LogP contribution is 2.22. The summed E-state index contributed by atoms with van der Waals surface area (Å²) in [5.41, 5.74) is 6.64. The van der Waals surface area contributed by atoms with E-state index in [2.05, 4.69) is 5.32 Å². The molecule has 1 heterocycles. The molecular weight excluding hydrogens is 230 g/mol. The van der Waals surface area contributed by atoms with Crippen molar-refractivity contribution in [2.45, 2.75) is 33.2 Å². The van der Waals surface area contributed by atoms with Crippen molar-refractivity contribution in [3.05, 3.63) is 18.0 Å². The van der Waals surface area contributed by atoms with Gasteiger partial charge < -0.3 is 20.7 Å². The fourth-order valence-corrected chi connectivity index (χ4v) is 1.90. The zero-order valence-electron chi connectivity index (χ0n) is 11.5. The number of hydrogen-bond donors (Lipinski definition) is 3. The van der Waals surface area contributed by atoms with E-state index >= 15 is 0 Å². The van der Waals surface area contributed by atoms with Crippen molar-refractivity contribution in [1.82, 2.24) is 9.88 Å². The molecule has 1 atom stereocenters. The Morgan fingerprint density at radius 2 is 2.17 bits per heavy atom. The molecule has 0 bridgehead atoms. The summed E-state index contributed by atoms with van der Waals surface area (Å²) in [6, 6.07) is 1.57. The number of aryl methyl sites for hydroxylation is 1. The monoisotopic (exact) mass is 253 g/mol. The Labute approximate surface area is 108 Å². The summed E-state index contributed by atoms with van der Waals surface area (Å²) in [6.07, 6.45) is 2.24. The molecule has 5 heteroatoms. The van der Waals surface area contributed by atoms with E-state index in [0.717, 1.165) is 0 Å². The van der Waals surface area contributed by atoms with E-state index in [0.29, 0.717) is 17.8 Å². The average Bonchev–Trinajstić information content (AvgIpc) is 2.55. The van der Waals surface area contributed by atoms with Crippen LogP contribution in [0.4, 0.5) is 5.69 Å². The summed E-state index contributed by atoms with van der Waals surface area (Å²) in [5, 5.41) is 12.0. The first-order chi connectivity index (χ1) is 8.25. The van der Waals surface area contributed by atoms with Crippen LogP contribution < -0.4 is 11.1 Å². The SMILES string of the molecule is Cn1cc(N)cc1C(=O)NC(CCO)C(C)(C)C. The Morgan fingerprint density at radius 3 is 2.56 bits per heavy atom. The van der Waals surface area contributed by atoms with Gasteiger partial charge in [-0.2, -0.15) is 0 Å². The van der Waals surface area contributed by atoms with Crippen LogP contribution in [-0.2, 0) is 7.05 Å². The topological polar surface area (TPSA) is 80.3 Å². The van der Waals surface area contributed by atoms with Crippen LogP contribution in [0.15, 0.2) is 12.3 Å². The Balaban J connectivity index is 2.82. The summed E-state index contributed by atoms with van der Waals surface area (Å²) in [7, 11) is 1.78. The number of aromatic nitrogens is 1. The Hall–Kier alpha value is -1.49. The third-order valence-electron chi connectivity index (χ3n) is 3.03. The van der Waals surface area contributed by atoms with Crippen molar-refractivity contribution in [1.29, 1.82) is 0 Å². The second-order valence-electron chi connectivity index (χ2n) is 5.67. The Kier molecular flexibility index (Phi) is 4.40. The van der Waals surface area contributed by atoms with Crippen LogP contribution in [0, 0.1) is 5.41 Å². The zero-order chi connectivity index (χ0) is 13.9. The number of amides is 1. The van der Waals surface area contributed by atoms with Crippen LogP contribution in [0.1, 0.15) is 37.7 Å². The highest BCUT2D eigenvalue weighted by molar-refractivity contribution is 5.94. The van der Waals surface area contributed by atoms with Gasteiger partial charge in [0.25, 0.3) is 5.91 Å². The molecule has 1 unspecified atom stereocenters. The van der Waals surface area contributed by atoms with E-state index in [1.54, 1.807) is 23.9 Å². The maximum atomic E-state index is 12.1. The van der Waals surface area contributed by atoms with Crippen molar-refractivity contribution >= 4 is 11.6 Å². The lowest BCUT2D eigenvalue weighted by Crippen LogP contribution is -2.44. The fraction of sp³-hybridized carbons (Fsp3) is 0.615. The lowest BCUT2D eigenvalue weighted by molar-refractivity contribution is 0.0877. The molecule has 1 amide bonds. The lowest BCUT2D eigenvalue weighted by atomic mass is 9.85. The molecule has 0 aliphatic rings.